The molecule has 122 valence electrons. The molecule has 1 aromatic carbocycles. The van der Waals surface area contributed by atoms with Gasteiger partial charge < -0.3 is 9.52 Å². The Morgan fingerprint density at radius 1 is 1.29 bits per heavy atom. The van der Waals surface area contributed by atoms with Crippen molar-refractivity contribution in [2.24, 2.45) is 0 Å². The zero-order valence-corrected chi connectivity index (χ0v) is 13.6. The molecule has 1 aliphatic rings. The third-order valence-electron chi connectivity index (χ3n) is 4.43. The van der Waals surface area contributed by atoms with Crippen LogP contribution in [0.15, 0.2) is 39.7 Å². The number of nitrogens with one attached hydrogen (secondary N) is 2. The van der Waals surface area contributed by atoms with Crippen molar-refractivity contribution < 1.29 is 14.5 Å². The highest BCUT2D eigenvalue weighted by Gasteiger charge is 2.22. The minimum Gasteiger partial charge on any atom is -0.871 e. The lowest BCUT2D eigenvalue weighted by Crippen LogP contribution is -2.14. The number of aryl methyl sites for hydroxylation is 1. The number of benzene rings is 1. The van der Waals surface area contributed by atoms with E-state index >= 15 is 0 Å². The van der Waals surface area contributed by atoms with Crippen LogP contribution in [0.5, 0.6) is 5.75 Å². The first-order valence-corrected chi connectivity index (χ1v) is 8.20. The van der Waals surface area contributed by atoms with E-state index in [1.54, 1.807) is 12.3 Å². The van der Waals surface area contributed by atoms with E-state index in [1.165, 1.54) is 0 Å². The maximum absolute atomic E-state index is 12.5. The van der Waals surface area contributed by atoms with Crippen molar-refractivity contribution in [1.82, 2.24) is 0 Å². The van der Waals surface area contributed by atoms with Gasteiger partial charge in [0.15, 0.2) is 0 Å². The standard InChI is InChI=1S/C18H15ClN2O3/c19-14-8-12-10-4-3-5-11(10)18(23)24-17(12)13(16(14)22)9-21-15-6-1-2-7-20-15/h1-2,6-8,22H,3-5,9H2,(H,20,21). The predicted molar refractivity (Wildman–Crippen MR) is 89.3 cm³/mol. The Kier molecular flexibility index (Phi) is 3.65. The Hall–Kier alpha value is -2.53. The molecule has 0 atom stereocenters. The Morgan fingerprint density at radius 2 is 2.12 bits per heavy atom. The van der Waals surface area contributed by atoms with Crippen molar-refractivity contribution in [3.63, 3.8) is 0 Å². The van der Waals surface area contributed by atoms with Gasteiger partial charge in [0.25, 0.3) is 5.82 Å². The maximum Gasteiger partial charge on any atom is 0.339 e. The molecule has 4 rings (SSSR count). The van der Waals surface area contributed by atoms with E-state index in [1.807, 2.05) is 18.2 Å². The molecule has 2 N–H and O–H groups in total. The lowest BCUT2D eigenvalue weighted by atomic mass is 10.0. The normalized spacial score (nSPS) is 13.2. The lowest BCUT2D eigenvalue weighted by Gasteiger charge is -2.17. The Balaban J connectivity index is 1.86. The summed E-state index contributed by atoms with van der Waals surface area (Å²) in [6, 6.07) is 7.22. The topological polar surface area (TPSA) is 79.4 Å². The number of hydrogen-bond donors (Lipinski definition) is 1. The smallest absolute Gasteiger partial charge is 0.339 e. The molecule has 0 spiro atoms. The molecule has 2 aromatic heterocycles. The van der Waals surface area contributed by atoms with Crippen LogP contribution in [0.2, 0.25) is 5.02 Å². The lowest BCUT2D eigenvalue weighted by molar-refractivity contribution is -0.361. The van der Waals surface area contributed by atoms with E-state index in [0.29, 0.717) is 16.7 Å². The van der Waals surface area contributed by atoms with Gasteiger partial charge in [0, 0.05) is 27.6 Å². The summed E-state index contributed by atoms with van der Waals surface area (Å²) in [5.74, 6) is 0.447. The number of rotatable bonds is 3. The van der Waals surface area contributed by atoms with E-state index in [-0.39, 0.29) is 22.9 Å². The molecular formula is C18H15ClN2O3. The molecule has 0 aliphatic heterocycles. The fourth-order valence-electron chi connectivity index (χ4n) is 3.28. The molecule has 0 amide bonds. The largest absolute Gasteiger partial charge is 0.871 e. The summed E-state index contributed by atoms with van der Waals surface area (Å²) in [6.07, 6.45) is 4.23. The molecule has 0 radical (unpaired) electrons. The number of halogens is 1. The molecule has 6 heteroatoms. The van der Waals surface area contributed by atoms with Gasteiger partial charge in [-0.05, 0) is 37.0 Å². The molecule has 3 aromatic rings. The van der Waals surface area contributed by atoms with Crippen LogP contribution >= 0.6 is 11.6 Å². The highest BCUT2D eigenvalue weighted by Crippen LogP contribution is 2.36. The van der Waals surface area contributed by atoms with Gasteiger partial charge in [-0.25, -0.2) is 9.78 Å². The van der Waals surface area contributed by atoms with Crippen molar-refractivity contribution in [1.29, 1.82) is 0 Å². The van der Waals surface area contributed by atoms with Crippen LogP contribution in [0.1, 0.15) is 23.1 Å². The molecule has 1 aliphatic carbocycles. The van der Waals surface area contributed by atoms with Gasteiger partial charge in [-0.1, -0.05) is 23.4 Å². The number of aromatic nitrogens is 1. The highest BCUT2D eigenvalue weighted by atomic mass is 35.5. The summed E-state index contributed by atoms with van der Waals surface area (Å²) >= 11 is 6.15. The Labute approximate surface area is 142 Å². The maximum atomic E-state index is 12.5. The number of pyridine rings is 1. The molecular weight excluding hydrogens is 328 g/mol. The van der Waals surface area contributed by atoms with Crippen LogP contribution in [-0.4, -0.2) is 0 Å². The first-order valence-electron chi connectivity index (χ1n) is 7.82. The third kappa shape index (κ3) is 2.41. The Bertz CT molecular complexity index is 983. The van der Waals surface area contributed by atoms with Gasteiger partial charge in [-0.15, -0.1) is 0 Å². The number of anilines is 1. The van der Waals surface area contributed by atoms with E-state index < -0.39 is 0 Å². The van der Waals surface area contributed by atoms with Crippen LogP contribution in [-0.2, 0) is 19.4 Å². The number of hydrogen-bond acceptors (Lipinski definition) is 4. The molecule has 0 saturated heterocycles. The first-order chi connectivity index (χ1) is 11.6. The second kappa shape index (κ2) is 5.83. The molecule has 24 heavy (non-hydrogen) atoms. The van der Waals surface area contributed by atoms with Gasteiger partial charge in [0.05, 0.1) is 6.20 Å². The highest BCUT2D eigenvalue weighted by molar-refractivity contribution is 6.33. The third-order valence-corrected chi connectivity index (χ3v) is 4.71. The van der Waals surface area contributed by atoms with Gasteiger partial charge in [-0.3, -0.25) is 5.32 Å². The average molecular weight is 343 g/mol. The summed E-state index contributed by atoms with van der Waals surface area (Å²) < 4.78 is 5.50. The second-order valence-electron chi connectivity index (χ2n) is 5.87. The number of H-pyrrole nitrogens is 1. The van der Waals surface area contributed by atoms with Crippen molar-refractivity contribution in [3.8, 4) is 5.75 Å². The van der Waals surface area contributed by atoms with Crippen molar-refractivity contribution in [2.75, 3.05) is 5.32 Å². The number of fused-ring (bicyclic) bond motifs is 3. The molecule has 2 heterocycles. The monoisotopic (exact) mass is 342 g/mol. The summed E-state index contributed by atoms with van der Waals surface area (Å²) in [5, 5.41) is 16.5. The molecule has 0 unspecified atom stereocenters. The van der Waals surface area contributed by atoms with Crippen LogP contribution in [0.4, 0.5) is 5.82 Å². The van der Waals surface area contributed by atoms with Gasteiger partial charge >= 0.3 is 5.63 Å². The van der Waals surface area contributed by atoms with Crippen molar-refractivity contribution >= 4 is 28.4 Å². The van der Waals surface area contributed by atoms with Crippen LogP contribution in [0.3, 0.4) is 0 Å². The summed E-state index contributed by atoms with van der Waals surface area (Å²) in [4.78, 5) is 15.3. The second-order valence-corrected chi connectivity index (χ2v) is 6.28. The van der Waals surface area contributed by atoms with Gasteiger partial charge in [-0.2, -0.15) is 0 Å². The first kappa shape index (κ1) is 15.0. The molecule has 0 fully saturated rings. The van der Waals surface area contributed by atoms with Crippen molar-refractivity contribution in [2.45, 2.75) is 25.8 Å². The van der Waals surface area contributed by atoms with Crippen LogP contribution in [0.25, 0.3) is 11.0 Å². The summed E-state index contributed by atoms with van der Waals surface area (Å²) in [7, 11) is 0. The quantitative estimate of drug-likeness (QED) is 0.741. The Morgan fingerprint density at radius 3 is 2.92 bits per heavy atom. The van der Waals surface area contributed by atoms with E-state index in [0.717, 1.165) is 36.0 Å². The minimum atomic E-state index is -0.343. The SMILES string of the molecule is O=c1oc2c(CNc3cccc[nH+]3)c([O-])c(Cl)cc2c2c1CCC2. The molecule has 0 saturated carbocycles. The van der Waals surface area contributed by atoms with E-state index in [4.69, 9.17) is 16.0 Å². The van der Waals surface area contributed by atoms with Gasteiger partial charge in [0.2, 0.25) is 0 Å². The van der Waals surface area contributed by atoms with Crippen LogP contribution in [0, 0.1) is 0 Å². The fourth-order valence-corrected chi connectivity index (χ4v) is 3.50. The van der Waals surface area contributed by atoms with Crippen molar-refractivity contribution in [3.05, 3.63) is 62.6 Å². The zero-order valence-electron chi connectivity index (χ0n) is 12.8. The summed E-state index contributed by atoms with van der Waals surface area (Å²) in [5.41, 5.74) is 2.06. The molecule has 5 nitrogen and oxygen atoms in total. The van der Waals surface area contributed by atoms with Crippen LogP contribution < -0.4 is 21.0 Å². The van der Waals surface area contributed by atoms with E-state index in [2.05, 4.69) is 10.3 Å². The molecule has 0 bridgehead atoms. The zero-order chi connectivity index (χ0) is 16.7. The number of aromatic amines is 1. The fraction of sp³-hybridized carbons (Fsp3) is 0.222. The summed E-state index contributed by atoms with van der Waals surface area (Å²) in [6.45, 7) is 0.220. The van der Waals surface area contributed by atoms with Gasteiger partial charge in [0.1, 0.15) is 12.1 Å². The average Bonchev–Trinajstić information content (AvgIpc) is 3.08. The van der Waals surface area contributed by atoms with E-state index in [9.17, 15) is 9.90 Å². The predicted octanol–water partition coefficient (Wildman–Crippen LogP) is 2.43. The minimum absolute atomic E-state index is 0.152.